The van der Waals surface area contributed by atoms with E-state index < -0.39 is 0 Å². The van der Waals surface area contributed by atoms with Crippen LogP contribution in [0.4, 0.5) is 0 Å². The fourth-order valence-corrected chi connectivity index (χ4v) is 3.18. The molecule has 0 unspecified atom stereocenters. The predicted octanol–water partition coefficient (Wildman–Crippen LogP) is 6.96. The summed E-state index contributed by atoms with van der Waals surface area (Å²) in [6.07, 6.45) is 7.49. The molecule has 23 heavy (non-hydrogen) atoms. The third-order valence-electron chi connectivity index (χ3n) is 4.95. The molecule has 0 aliphatic carbocycles. The van der Waals surface area contributed by atoms with E-state index in [0.29, 0.717) is 0 Å². The topological polar surface area (TPSA) is 0 Å². The van der Waals surface area contributed by atoms with Crippen molar-refractivity contribution in [2.75, 3.05) is 0 Å². The van der Waals surface area contributed by atoms with Gasteiger partial charge in [-0.3, -0.25) is 0 Å². The van der Waals surface area contributed by atoms with Crippen molar-refractivity contribution in [3.63, 3.8) is 0 Å². The monoisotopic (exact) mass is 308 g/mol. The van der Waals surface area contributed by atoms with Gasteiger partial charge in [0.05, 0.1) is 0 Å². The second-order valence-corrected chi connectivity index (χ2v) is 6.98. The molecule has 2 aromatic carbocycles. The molecule has 0 atom stereocenters. The van der Waals surface area contributed by atoms with Crippen LogP contribution < -0.4 is 0 Å². The fraction of sp³-hybridized carbons (Fsp3) is 0.478. The third kappa shape index (κ3) is 4.70. The number of unbranched alkanes of at least 4 members (excludes halogenated alkanes) is 2. The van der Waals surface area contributed by atoms with Crippen LogP contribution in [0.25, 0.3) is 11.1 Å². The Morgan fingerprint density at radius 2 is 1.04 bits per heavy atom. The molecule has 0 radical (unpaired) electrons. The van der Waals surface area contributed by atoms with E-state index in [-0.39, 0.29) is 0 Å². The van der Waals surface area contributed by atoms with Crippen LogP contribution in [0.3, 0.4) is 0 Å². The minimum atomic E-state index is 1.20. The highest BCUT2D eigenvalue weighted by Crippen LogP contribution is 2.28. The lowest BCUT2D eigenvalue weighted by Crippen LogP contribution is -1.94. The normalized spacial score (nSPS) is 11.0. The van der Waals surface area contributed by atoms with Gasteiger partial charge >= 0.3 is 0 Å². The first-order valence-corrected chi connectivity index (χ1v) is 9.26. The molecule has 0 saturated carbocycles. The van der Waals surface area contributed by atoms with Crippen molar-refractivity contribution < 1.29 is 0 Å². The molecule has 0 amide bonds. The molecule has 0 aliphatic rings. The standard InChI is InChI=1S/C23H32/c1-6-8-10-20-14-21(11-9-7-2)16-23(15-20)22-12-17(3)19(5)18(4)13-22/h12-16H,6-11H2,1-5H3. The summed E-state index contributed by atoms with van der Waals surface area (Å²) in [6, 6.07) is 12.0. The van der Waals surface area contributed by atoms with Gasteiger partial charge in [0.1, 0.15) is 0 Å². The van der Waals surface area contributed by atoms with Crippen molar-refractivity contribution in [1.29, 1.82) is 0 Å². The summed E-state index contributed by atoms with van der Waals surface area (Å²) in [4.78, 5) is 0. The smallest absolute Gasteiger partial charge is 0.0178 e. The summed E-state index contributed by atoms with van der Waals surface area (Å²) in [7, 11) is 0. The Morgan fingerprint density at radius 1 is 0.609 bits per heavy atom. The maximum atomic E-state index is 2.43. The van der Waals surface area contributed by atoms with E-state index >= 15 is 0 Å². The van der Waals surface area contributed by atoms with E-state index in [4.69, 9.17) is 0 Å². The highest BCUT2D eigenvalue weighted by atomic mass is 14.1. The molecule has 0 fully saturated rings. The van der Waals surface area contributed by atoms with Gasteiger partial charge in [0, 0.05) is 0 Å². The second kappa shape index (κ2) is 8.34. The van der Waals surface area contributed by atoms with Crippen molar-refractivity contribution in [3.05, 3.63) is 58.1 Å². The zero-order valence-corrected chi connectivity index (χ0v) is 15.6. The summed E-state index contributed by atoms with van der Waals surface area (Å²) >= 11 is 0. The van der Waals surface area contributed by atoms with Crippen molar-refractivity contribution in [2.45, 2.75) is 73.1 Å². The lowest BCUT2D eigenvalue weighted by atomic mass is 9.92. The molecular formula is C23H32. The molecule has 0 heteroatoms. The van der Waals surface area contributed by atoms with Gasteiger partial charge in [0.25, 0.3) is 0 Å². The fourth-order valence-electron chi connectivity index (χ4n) is 3.18. The summed E-state index contributed by atoms with van der Waals surface area (Å²) < 4.78 is 0. The summed E-state index contributed by atoms with van der Waals surface area (Å²) in [5.74, 6) is 0. The molecule has 0 saturated heterocycles. The number of rotatable bonds is 7. The summed E-state index contributed by atoms with van der Waals surface area (Å²) in [5.41, 5.74) is 10.0. The first-order valence-electron chi connectivity index (χ1n) is 9.26. The van der Waals surface area contributed by atoms with Gasteiger partial charge in [-0.05, 0) is 85.4 Å². The first-order chi connectivity index (χ1) is 11.0. The molecule has 0 N–H and O–H groups in total. The molecule has 0 aliphatic heterocycles. The van der Waals surface area contributed by atoms with Crippen molar-refractivity contribution >= 4 is 0 Å². The third-order valence-corrected chi connectivity index (χ3v) is 4.95. The van der Waals surface area contributed by atoms with Gasteiger partial charge in [-0.2, -0.15) is 0 Å². The van der Waals surface area contributed by atoms with Gasteiger partial charge in [0.2, 0.25) is 0 Å². The molecule has 0 bridgehead atoms. The van der Waals surface area contributed by atoms with Gasteiger partial charge in [0.15, 0.2) is 0 Å². The van der Waals surface area contributed by atoms with E-state index in [1.807, 2.05) is 0 Å². The Morgan fingerprint density at radius 3 is 1.48 bits per heavy atom. The molecule has 0 spiro atoms. The Hall–Kier alpha value is -1.56. The summed E-state index contributed by atoms with van der Waals surface area (Å²) in [6.45, 7) is 11.2. The highest BCUT2D eigenvalue weighted by Gasteiger charge is 2.07. The molecule has 0 aromatic heterocycles. The van der Waals surface area contributed by atoms with Crippen LogP contribution in [0.15, 0.2) is 30.3 Å². The Bertz CT molecular complexity index is 600. The first kappa shape index (κ1) is 17.8. The van der Waals surface area contributed by atoms with E-state index in [2.05, 4.69) is 65.0 Å². The average molecular weight is 309 g/mol. The van der Waals surface area contributed by atoms with Gasteiger partial charge in [-0.15, -0.1) is 0 Å². The van der Waals surface area contributed by atoms with Crippen LogP contribution in [0.2, 0.25) is 0 Å². The number of hydrogen-bond donors (Lipinski definition) is 0. The van der Waals surface area contributed by atoms with Crippen molar-refractivity contribution in [2.24, 2.45) is 0 Å². The minimum absolute atomic E-state index is 1.20. The zero-order chi connectivity index (χ0) is 16.8. The molecule has 0 nitrogen and oxygen atoms in total. The quantitative estimate of drug-likeness (QED) is 0.518. The van der Waals surface area contributed by atoms with Gasteiger partial charge in [-0.1, -0.05) is 57.0 Å². The van der Waals surface area contributed by atoms with E-state index in [1.165, 1.54) is 77.5 Å². The van der Waals surface area contributed by atoms with Crippen molar-refractivity contribution in [1.82, 2.24) is 0 Å². The van der Waals surface area contributed by atoms with Crippen molar-refractivity contribution in [3.8, 4) is 11.1 Å². The van der Waals surface area contributed by atoms with Gasteiger partial charge < -0.3 is 0 Å². The van der Waals surface area contributed by atoms with Crippen LogP contribution in [0.5, 0.6) is 0 Å². The number of benzene rings is 2. The largest absolute Gasteiger partial charge is 0.0654 e. The SMILES string of the molecule is CCCCc1cc(CCCC)cc(-c2cc(C)c(C)c(C)c2)c1. The van der Waals surface area contributed by atoms with E-state index in [9.17, 15) is 0 Å². The lowest BCUT2D eigenvalue weighted by molar-refractivity contribution is 0.781. The van der Waals surface area contributed by atoms with E-state index in [1.54, 1.807) is 0 Å². The molecule has 2 rings (SSSR count). The van der Waals surface area contributed by atoms with Gasteiger partial charge in [-0.25, -0.2) is 0 Å². The maximum absolute atomic E-state index is 2.43. The number of aryl methyl sites for hydroxylation is 4. The molecule has 124 valence electrons. The highest BCUT2D eigenvalue weighted by molar-refractivity contribution is 5.68. The van der Waals surface area contributed by atoms with Crippen LogP contribution >= 0.6 is 0 Å². The van der Waals surface area contributed by atoms with E-state index in [0.717, 1.165) is 0 Å². The molecule has 2 aromatic rings. The second-order valence-electron chi connectivity index (χ2n) is 6.98. The predicted molar refractivity (Wildman–Crippen MR) is 103 cm³/mol. The van der Waals surface area contributed by atoms with Crippen LogP contribution in [-0.4, -0.2) is 0 Å². The minimum Gasteiger partial charge on any atom is -0.0654 e. The molecule has 0 heterocycles. The van der Waals surface area contributed by atoms with Crippen LogP contribution in [0.1, 0.15) is 67.3 Å². The molecular weight excluding hydrogens is 276 g/mol. The van der Waals surface area contributed by atoms with Crippen LogP contribution in [0, 0.1) is 20.8 Å². The Kier molecular flexibility index (Phi) is 6.45. The lowest BCUT2D eigenvalue weighted by Gasteiger charge is -2.13. The summed E-state index contributed by atoms with van der Waals surface area (Å²) in [5, 5.41) is 0. The Balaban J connectivity index is 2.43. The average Bonchev–Trinajstić information content (AvgIpc) is 2.55. The van der Waals surface area contributed by atoms with Crippen LogP contribution in [-0.2, 0) is 12.8 Å². The number of hydrogen-bond acceptors (Lipinski definition) is 0. The maximum Gasteiger partial charge on any atom is -0.0178 e. The zero-order valence-electron chi connectivity index (χ0n) is 15.6. The Labute approximate surface area is 143 Å².